The Balaban J connectivity index is 1.30. The van der Waals surface area contributed by atoms with Crippen LogP contribution in [0.2, 0.25) is 0 Å². The molecule has 7 aromatic carbocycles. The van der Waals surface area contributed by atoms with Gasteiger partial charge in [-0.05, 0) is 87.6 Å². The third-order valence-corrected chi connectivity index (χ3v) is 8.88. The van der Waals surface area contributed by atoms with E-state index < -0.39 is 0 Å². The number of rotatable bonds is 5. The largest absolute Gasteiger partial charge is 0.453 e. The first-order valence-corrected chi connectivity index (χ1v) is 15.5. The van der Waals surface area contributed by atoms with Gasteiger partial charge in [-0.3, -0.25) is 4.98 Å². The summed E-state index contributed by atoms with van der Waals surface area (Å²) in [6.07, 6.45) is 1.83. The molecule has 9 aromatic rings. The van der Waals surface area contributed by atoms with E-state index in [1.54, 1.807) is 0 Å². The maximum atomic E-state index is 6.83. The molecule has 0 aliphatic heterocycles. The van der Waals surface area contributed by atoms with Crippen LogP contribution in [0.15, 0.2) is 174 Å². The molecule has 0 saturated carbocycles. The molecule has 0 radical (unpaired) electrons. The number of aromatic nitrogens is 1. The van der Waals surface area contributed by atoms with Crippen molar-refractivity contribution in [1.82, 2.24) is 4.98 Å². The summed E-state index contributed by atoms with van der Waals surface area (Å²) < 4.78 is 6.83. The second-order valence-electron chi connectivity index (χ2n) is 11.6. The summed E-state index contributed by atoms with van der Waals surface area (Å²) in [4.78, 5) is 6.91. The molecule has 0 saturated heterocycles. The molecule has 0 aliphatic carbocycles. The third kappa shape index (κ3) is 4.33. The Bertz CT molecular complexity index is 2540. The average molecular weight is 589 g/mol. The second kappa shape index (κ2) is 10.8. The first kappa shape index (κ1) is 26.2. The molecule has 46 heavy (non-hydrogen) atoms. The van der Waals surface area contributed by atoms with E-state index in [0.29, 0.717) is 0 Å². The highest BCUT2D eigenvalue weighted by Crippen LogP contribution is 2.44. The van der Waals surface area contributed by atoms with Crippen LogP contribution in [0.1, 0.15) is 0 Å². The number of benzene rings is 7. The second-order valence-corrected chi connectivity index (χ2v) is 11.6. The molecule has 0 amide bonds. The molecule has 0 N–H and O–H groups in total. The van der Waals surface area contributed by atoms with E-state index in [2.05, 4.69) is 168 Å². The number of fused-ring (bicyclic) bond motifs is 6. The Hall–Kier alpha value is -6.19. The number of hydrogen-bond donors (Lipinski definition) is 0. The molecule has 0 bridgehead atoms. The van der Waals surface area contributed by atoms with E-state index >= 15 is 0 Å². The average Bonchev–Trinajstić information content (AvgIpc) is 3.52. The van der Waals surface area contributed by atoms with Gasteiger partial charge in [0.2, 0.25) is 0 Å². The molecule has 3 heteroatoms. The Morgan fingerprint density at radius 3 is 1.98 bits per heavy atom. The predicted molar refractivity (Wildman–Crippen MR) is 192 cm³/mol. The van der Waals surface area contributed by atoms with E-state index in [-0.39, 0.29) is 0 Å². The zero-order valence-electron chi connectivity index (χ0n) is 25.0. The number of nitrogens with zero attached hydrogens (tertiary/aromatic N) is 2. The van der Waals surface area contributed by atoms with Crippen LogP contribution in [0.3, 0.4) is 0 Å². The first-order valence-electron chi connectivity index (χ1n) is 15.5. The van der Waals surface area contributed by atoms with Gasteiger partial charge in [-0.25, -0.2) is 0 Å². The van der Waals surface area contributed by atoms with Crippen molar-refractivity contribution in [2.45, 2.75) is 0 Å². The number of pyridine rings is 1. The monoisotopic (exact) mass is 588 g/mol. The lowest BCUT2D eigenvalue weighted by Crippen LogP contribution is -2.10. The van der Waals surface area contributed by atoms with Crippen LogP contribution in [-0.4, -0.2) is 4.98 Å². The molecule has 0 fully saturated rings. The smallest absolute Gasteiger partial charge is 0.159 e. The van der Waals surface area contributed by atoms with Gasteiger partial charge in [0.15, 0.2) is 5.58 Å². The maximum absolute atomic E-state index is 6.83. The molecule has 0 spiro atoms. The zero-order valence-corrected chi connectivity index (χ0v) is 25.0. The van der Waals surface area contributed by atoms with Crippen LogP contribution in [0.5, 0.6) is 0 Å². The van der Waals surface area contributed by atoms with Crippen molar-refractivity contribution in [1.29, 1.82) is 0 Å². The summed E-state index contributed by atoms with van der Waals surface area (Å²) >= 11 is 0. The Labute approximate surface area is 266 Å². The fraction of sp³-hybridized carbons (Fsp3) is 0. The molecule has 2 heterocycles. The standard InChI is InChI=1S/C43H28N2O/c1-2-11-29(12-3-1)31-15-6-17-33(27-31)45(34-18-7-16-32(28-34)36-20-8-14-30-13-4-5-19-35(30)36)41-23-9-21-37-38-24-25-40-39(22-10-26-44-40)42(38)46-43(37)41/h1-28H. The normalized spacial score (nSPS) is 11.5. The first-order chi connectivity index (χ1) is 22.8. The lowest BCUT2D eigenvalue weighted by Gasteiger charge is -2.26. The SMILES string of the molecule is c1ccc(-c2cccc(N(c3cccc(-c4cccc5ccccc45)c3)c3cccc4c3oc3c5cccnc5ccc43)c2)cc1. The maximum Gasteiger partial charge on any atom is 0.159 e. The van der Waals surface area contributed by atoms with Gasteiger partial charge in [0, 0.05) is 33.7 Å². The Morgan fingerprint density at radius 2 is 1.09 bits per heavy atom. The van der Waals surface area contributed by atoms with E-state index in [1.165, 1.54) is 21.9 Å². The Kier molecular flexibility index (Phi) is 6.14. The van der Waals surface area contributed by atoms with Gasteiger partial charge >= 0.3 is 0 Å². The molecule has 2 aromatic heterocycles. The summed E-state index contributed by atoms with van der Waals surface area (Å²) in [5.74, 6) is 0. The van der Waals surface area contributed by atoms with Gasteiger partial charge in [0.05, 0.1) is 11.2 Å². The lowest BCUT2D eigenvalue weighted by atomic mass is 9.97. The number of furan rings is 1. The minimum Gasteiger partial charge on any atom is -0.453 e. The van der Waals surface area contributed by atoms with Gasteiger partial charge in [0.1, 0.15) is 5.58 Å². The quantitative estimate of drug-likeness (QED) is 0.200. The fourth-order valence-electron chi connectivity index (χ4n) is 6.74. The van der Waals surface area contributed by atoms with Crippen molar-refractivity contribution in [2.24, 2.45) is 0 Å². The van der Waals surface area contributed by atoms with Gasteiger partial charge in [-0.2, -0.15) is 0 Å². The fourth-order valence-corrected chi connectivity index (χ4v) is 6.74. The molecular weight excluding hydrogens is 560 g/mol. The minimum absolute atomic E-state index is 0.842. The van der Waals surface area contributed by atoms with Gasteiger partial charge < -0.3 is 9.32 Å². The summed E-state index contributed by atoms with van der Waals surface area (Å²) in [6.45, 7) is 0. The van der Waals surface area contributed by atoms with Crippen molar-refractivity contribution < 1.29 is 4.42 Å². The van der Waals surface area contributed by atoms with Crippen molar-refractivity contribution in [3.63, 3.8) is 0 Å². The van der Waals surface area contributed by atoms with Crippen LogP contribution in [0, 0.1) is 0 Å². The zero-order chi connectivity index (χ0) is 30.5. The minimum atomic E-state index is 0.842. The lowest BCUT2D eigenvalue weighted by molar-refractivity contribution is 0.672. The summed E-state index contributed by atoms with van der Waals surface area (Å²) in [5, 5.41) is 5.64. The molecule has 216 valence electrons. The molecular formula is C43H28N2O. The highest BCUT2D eigenvalue weighted by Gasteiger charge is 2.21. The summed E-state index contributed by atoms with van der Waals surface area (Å²) in [7, 11) is 0. The number of hydrogen-bond acceptors (Lipinski definition) is 3. The number of para-hydroxylation sites is 1. The highest BCUT2D eigenvalue weighted by atomic mass is 16.3. The number of anilines is 3. The predicted octanol–water partition coefficient (Wildman–Crippen LogP) is 12.1. The third-order valence-electron chi connectivity index (χ3n) is 8.88. The van der Waals surface area contributed by atoms with Gasteiger partial charge in [0.25, 0.3) is 0 Å². The highest BCUT2D eigenvalue weighted by molar-refractivity contribution is 6.17. The van der Waals surface area contributed by atoms with Gasteiger partial charge in [-0.1, -0.05) is 109 Å². The van der Waals surface area contributed by atoms with Crippen LogP contribution in [-0.2, 0) is 0 Å². The van der Waals surface area contributed by atoms with Crippen LogP contribution >= 0.6 is 0 Å². The summed E-state index contributed by atoms with van der Waals surface area (Å²) in [6, 6.07) is 57.9. The van der Waals surface area contributed by atoms with Crippen LogP contribution in [0.4, 0.5) is 17.1 Å². The van der Waals surface area contributed by atoms with E-state index in [1.807, 2.05) is 12.3 Å². The van der Waals surface area contributed by atoms with Crippen LogP contribution < -0.4 is 4.90 Å². The van der Waals surface area contributed by atoms with Crippen molar-refractivity contribution in [2.75, 3.05) is 4.90 Å². The van der Waals surface area contributed by atoms with Gasteiger partial charge in [-0.15, -0.1) is 0 Å². The summed E-state index contributed by atoms with van der Waals surface area (Å²) in [5.41, 5.74) is 10.4. The van der Waals surface area contributed by atoms with E-state index in [4.69, 9.17) is 4.42 Å². The Morgan fingerprint density at radius 1 is 0.435 bits per heavy atom. The molecule has 0 aliphatic rings. The molecule has 9 rings (SSSR count). The topological polar surface area (TPSA) is 29.3 Å². The van der Waals surface area contributed by atoms with E-state index in [9.17, 15) is 0 Å². The van der Waals surface area contributed by atoms with Crippen molar-refractivity contribution >= 4 is 60.7 Å². The van der Waals surface area contributed by atoms with E-state index in [0.717, 1.165) is 61.0 Å². The van der Waals surface area contributed by atoms with Crippen molar-refractivity contribution in [3.05, 3.63) is 170 Å². The molecule has 3 nitrogen and oxygen atoms in total. The molecule has 0 atom stereocenters. The van der Waals surface area contributed by atoms with Crippen molar-refractivity contribution in [3.8, 4) is 22.3 Å². The van der Waals surface area contributed by atoms with Crippen LogP contribution in [0.25, 0.3) is 65.9 Å². The molecule has 0 unspecified atom stereocenters.